The average Bonchev–Trinajstić information content (AvgIpc) is 2.41. The molecule has 152 valence electrons. The molecule has 0 spiro atoms. The number of halogens is 4. The Morgan fingerprint density at radius 2 is 1.78 bits per heavy atom. The van der Waals surface area contributed by atoms with Crippen molar-refractivity contribution in [2.24, 2.45) is 10.7 Å². The molecule has 0 saturated carbocycles. The van der Waals surface area contributed by atoms with E-state index in [2.05, 4.69) is 15.0 Å². The van der Waals surface area contributed by atoms with Crippen LogP contribution in [0.4, 0.5) is 23.7 Å². The molecule has 0 atom stereocenters. The van der Waals surface area contributed by atoms with Crippen LogP contribution in [0.3, 0.4) is 0 Å². The van der Waals surface area contributed by atoms with Crippen molar-refractivity contribution >= 4 is 41.7 Å². The number of nitrogens with two attached hydrogens (primary N) is 1. The number of hydrogen-bond acceptors (Lipinski definition) is 4. The predicted molar refractivity (Wildman–Crippen MR) is 105 cm³/mol. The molecular weight excluding hydrogens is 480 g/mol. The first kappa shape index (κ1) is 23.1. The summed E-state index contributed by atoms with van der Waals surface area (Å²) in [6.45, 7) is 6.12. The number of carbonyl (C=O) groups is 1. The van der Waals surface area contributed by atoms with Gasteiger partial charge in [0.1, 0.15) is 11.4 Å². The molecule has 1 aliphatic rings. The molecule has 7 nitrogen and oxygen atoms in total. The van der Waals surface area contributed by atoms with E-state index in [0.717, 1.165) is 12.1 Å². The fourth-order valence-corrected chi connectivity index (χ4v) is 2.13. The van der Waals surface area contributed by atoms with Crippen LogP contribution in [0.25, 0.3) is 0 Å². The monoisotopic (exact) mass is 502 g/mol. The Morgan fingerprint density at radius 3 is 2.26 bits per heavy atom. The van der Waals surface area contributed by atoms with Gasteiger partial charge in [-0.3, -0.25) is 0 Å². The van der Waals surface area contributed by atoms with Crippen LogP contribution in [-0.4, -0.2) is 48.0 Å². The predicted octanol–water partition coefficient (Wildman–Crippen LogP) is 3.55. The van der Waals surface area contributed by atoms with Crippen molar-refractivity contribution < 1.29 is 27.4 Å². The Hall–Kier alpha value is -1.92. The molecule has 1 aliphatic heterocycles. The molecule has 3 N–H and O–H groups in total. The number of anilines is 1. The van der Waals surface area contributed by atoms with Crippen LogP contribution < -0.4 is 15.8 Å². The van der Waals surface area contributed by atoms with Crippen LogP contribution >= 0.6 is 24.0 Å². The number of alkyl halides is 3. The molecule has 1 heterocycles. The van der Waals surface area contributed by atoms with Gasteiger partial charge in [-0.15, -0.1) is 37.1 Å². The molecule has 1 aromatic carbocycles. The van der Waals surface area contributed by atoms with Crippen molar-refractivity contribution in [3.63, 3.8) is 0 Å². The molecule has 0 radical (unpaired) electrons. The molecule has 11 heteroatoms. The summed E-state index contributed by atoms with van der Waals surface area (Å²) in [5.74, 6) is -0.228. The molecule has 1 saturated heterocycles. The minimum Gasteiger partial charge on any atom is -0.444 e. The second-order valence-electron chi connectivity index (χ2n) is 6.75. The number of rotatable bonds is 3. The maximum absolute atomic E-state index is 12.1. The first-order valence-electron chi connectivity index (χ1n) is 7.85. The van der Waals surface area contributed by atoms with E-state index in [9.17, 15) is 18.0 Å². The Morgan fingerprint density at radius 1 is 1.22 bits per heavy atom. The maximum Gasteiger partial charge on any atom is 0.573 e. The normalized spacial score (nSPS) is 15.5. The fourth-order valence-electron chi connectivity index (χ4n) is 2.13. The SMILES string of the molecule is CC(C)(C)OC(=O)N1CC(N=C(N)Nc2ccc(OC(F)(F)F)cc2)C1.I. The van der Waals surface area contributed by atoms with Gasteiger partial charge in [0.25, 0.3) is 0 Å². The standard InChI is InChI=1S/C16H21F3N4O3.HI/c1-15(2,3)26-14(24)23-8-11(9-23)22-13(20)21-10-4-6-12(7-5-10)25-16(17,18)19;/h4-7,11H,8-9H2,1-3H3,(H3,20,21,22);1H. The zero-order valence-electron chi connectivity index (χ0n) is 15.0. The topological polar surface area (TPSA) is 89.2 Å². The lowest BCUT2D eigenvalue weighted by atomic mass is 10.1. The molecule has 2 rings (SSSR count). The first-order chi connectivity index (χ1) is 11.9. The quantitative estimate of drug-likeness (QED) is 0.375. The number of guanidine groups is 1. The van der Waals surface area contributed by atoms with Crippen LogP contribution in [0.15, 0.2) is 29.3 Å². The fraction of sp³-hybridized carbons (Fsp3) is 0.500. The molecule has 27 heavy (non-hydrogen) atoms. The zero-order chi connectivity index (χ0) is 19.5. The first-order valence-corrected chi connectivity index (χ1v) is 7.85. The third kappa shape index (κ3) is 8.10. The number of amides is 1. The summed E-state index contributed by atoms with van der Waals surface area (Å²) in [5, 5.41) is 2.77. The van der Waals surface area contributed by atoms with Gasteiger partial charge in [0.05, 0.1) is 6.04 Å². The maximum atomic E-state index is 12.1. The lowest BCUT2D eigenvalue weighted by Gasteiger charge is -2.37. The minimum atomic E-state index is -4.74. The van der Waals surface area contributed by atoms with Gasteiger partial charge < -0.3 is 25.4 Å². The van der Waals surface area contributed by atoms with E-state index in [-0.39, 0.29) is 41.7 Å². The van der Waals surface area contributed by atoms with Crippen LogP contribution in [0.2, 0.25) is 0 Å². The van der Waals surface area contributed by atoms with Crippen LogP contribution in [0.5, 0.6) is 5.75 Å². The second kappa shape index (κ2) is 8.85. The van der Waals surface area contributed by atoms with Gasteiger partial charge >= 0.3 is 12.5 Å². The molecule has 0 aliphatic carbocycles. The Kier molecular flexibility index (Phi) is 7.57. The van der Waals surface area contributed by atoms with Crippen molar-refractivity contribution in [2.75, 3.05) is 18.4 Å². The van der Waals surface area contributed by atoms with E-state index < -0.39 is 18.1 Å². The van der Waals surface area contributed by atoms with Crippen LogP contribution in [-0.2, 0) is 4.74 Å². The largest absolute Gasteiger partial charge is 0.573 e. The number of likely N-dealkylation sites (tertiary alicyclic amines) is 1. The smallest absolute Gasteiger partial charge is 0.444 e. The van der Waals surface area contributed by atoms with E-state index in [1.807, 2.05) is 0 Å². The highest BCUT2D eigenvalue weighted by atomic mass is 127. The number of hydrogen-bond donors (Lipinski definition) is 2. The summed E-state index contributed by atoms with van der Waals surface area (Å²) in [5.41, 5.74) is 5.67. The lowest BCUT2D eigenvalue weighted by Crippen LogP contribution is -2.54. The molecule has 1 fully saturated rings. The number of nitrogens with one attached hydrogen (secondary N) is 1. The summed E-state index contributed by atoms with van der Waals surface area (Å²) in [6.07, 6.45) is -5.14. The summed E-state index contributed by atoms with van der Waals surface area (Å²) >= 11 is 0. The Bertz CT molecular complexity index is 669. The van der Waals surface area contributed by atoms with Crippen molar-refractivity contribution in [3.8, 4) is 5.75 Å². The molecule has 1 amide bonds. The minimum absolute atomic E-state index is 0. The van der Waals surface area contributed by atoms with Crippen molar-refractivity contribution in [1.29, 1.82) is 0 Å². The van der Waals surface area contributed by atoms with Gasteiger partial charge in [0.15, 0.2) is 5.96 Å². The van der Waals surface area contributed by atoms with E-state index in [1.165, 1.54) is 17.0 Å². The summed E-state index contributed by atoms with van der Waals surface area (Å²) in [4.78, 5) is 17.5. The Labute approximate surface area is 172 Å². The van der Waals surface area contributed by atoms with Crippen LogP contribution in [0.1, 0.15) is 20.8 Å². The number of nitrogens with zero attached hydrogens (tertiary/aromatic N) is 2. The number of ether oxygens (including phenoxy) is 2. The van der Waals surface area contributed by atoms with Gasteiger partial charge in [-0.1, -0.05) is 0 Å². The van der Waals surface area contributed by atoms with Gasteiger partial charge in [-0.2, -0.15) is 0 Å². The van der Waals surface area contributed by atoms with Crippen molar-refractivity contribution in [1.82, 2.24) is 4.90 Å². The molecule has 0 bridgehead atoms. The van der Waals surface area contributed by atoms with Crippen LogP contribution in [0, 0.1) is 0 Å². The number of benzene rings is 1. The van der Waals surface area contributed by atoms with Crippen molar-refractivity contribution in [3.05, 3.63) is 24.3 Å². The highest BCUT2D eigenvalue weighted by Crippen LogP contribution is 2.24. The average molecular weight is 502 g/mol. The van der Waals surface area contributed by atoms with E-state index >= 15 is 0 Å². The molecule has 0 aromatic heterocycles. The number of aliphatic imine (C=N–C) groups is 1. The van der Waals surface area contributed by atoms with Gasteiger partial charge in [0, 0.05) is 18.8 Å². The number of carbonyl (C=O) groups excluding carboxylic acids is 1. The van der Waals surface area contributed by atoms with Crippen molar-refractivity contribution in [2.45, 2.75) is 38.8 Å². The third-order valence-corrected chi connectivity index (χ3v) is 3.20. The van der Waals surface area contributed by atoms with E-state index in [0.29, 0.717) is 18.8 Å². The summed E-state index contributed by atoms with van der Waals surface area (Å²) in [7, 11) is 0. The Balaban J connectivity index is 0.00000364. The molecule has 0 unspecified atom stereocenters. The van der Waals surface area contributed by atoms with Gasteiger partial charge in [0.2, 0.25) is 0 Å². The molecular formula is C16H22F3IN4O3. The highest BCUT2D eigenvalue weighted by molar-refractivity contribution is 14.0. The van der Waals surface area contributed by atoms with Gasteiger partial charge in [-0.05, 0) is 45.0 Å². The van der Waals surface area contributed by atoms with E-state index in [1.54, 1.807) is 20.8 Å². The molecule has 1 aromatic rings. The summed E-state index contributed by atoms with van der Waals surface area (Å²) < 4.78 is 45.3. The van der Waals surface area contributed by atoms with E-state index in [4.69, 9.17) is 10.5 Å². The zero-order valence-corrected chi connectivity index (χ0v) is 17.4. The second-order valence-corrected chi connectivity index (χ2v) is 6.75. The van der Waals surface area contributed by atoms with Gasteiger partial charge in [-0.25, -0.2) is 9.79 Å². The highest BCUT2D eigenvalue weighted by Gasteiger charge is 2.33. The third-order valence-electron chi connectivity index (χ3n) is 3.20. The summed E-state index contributed by atoms with van der Waals surface area (Å²) in [6, 6.07) is 4.94. The lowest BCUT2D eigenvalue weighted by molar-refractivity contribution is -0.274.